The van der Waals surface area contributed by atoms with Crippen molar-refractivity contribution in [2.75, 3.05) is 5.88 Å². The van der Waals surface area contributed by atoms with Gasteiger partial charge < -0.3 is 5.11 Å². The van der Waals surface area contributed by atoms with Crippen LogP contribution in [0.15, 0.2) is 18.2 Å². The minimum absolute atomic E-state index is 0.0515. The summed E-state index contributed by atoms with van der Waals surface area (Å²) < 4.78 is 0. The maximum atomic E-state index is 11.4. The normalized spacial score (nSPS) is 11.5. The van der Waals surface area contributed by atoms with Crippen LogP contribution in [0.4, 0.5) is 0 Å². The summed E-state index contributed by atoms with van der Waals surface area (Å²) in [6.07, 6.45) is 0. The lowest BCUT2D eigenvalue weighted by atomic mass is 9.85. The molecule has 15 heavy (non-hydrogen) atoms. The number of halogens is 1. The molecule has 1 N–H and O–H groups in total. The van der Waals surface area contributed by atoms with Gasteiger partial charge in [-0.05, 0) is 17.0 Å². The molecule has 2 nitrogen and oxygen atoms in total. The van der Waals surface area contributed by atoms with Crippen LogP contribution in [0, 0.1) is 0 Å². The maximum absolute atomic E-state index is 11.4. The summed E-state index contributed by atoms with van der Waals surface area (Å²) in [7, 11) is 0. The molecule has 0 aromatic heterocycles. The fraction of sp³-hybridized carbons (Fsp3) is 0.417. The van der Waals surface area contributed by atoms with Gasteiger partial charge in [0.1, 0.15) is 5.75 Å². The number of phenolic OH excluding ortho intramolecular Hbond substituents is 1. The molecule has 0 atom stereocenters. The minimum atomic E-state index is -0.250. The highest BCUT2D eigenvalue weighted by molar-refractivity contribution is 6.30. The molecule has 0 saturated heterocycles. The molecule has 0 unspecified atom stereocenters. The molecule has 1 aromatic rings. The second-order valence-corrected chi connectivity index (χ2v) is 4.78. The largest absolute Gasteiger partial charge is 0.507 e. The Bertz CT molecular complexity index is 378. The molecule has 0 aliphatic rings. The summed E-state index contributed by atoms with van der Waals surface area (Å²) in [6.45, 7) is 5.95. The van der Waals surface area contributed by atoms with Crippen molar-refractivity contribution in [2.24, 2.45) is 0 Å². The summed E-state index contributed by atoms with van der Waals surface area (Å²) in [5.74, 6) is -0.308. The van der Waals surface area contributed by atoms with E-state index in [0.717, 1.165) is 5.56 Å². The third-order valence-corrected chi connectivity index (χ3v) is 2.51. The third-order valence-electron chi connectivity index (χ3n) is 2.27. The van der Waals surface area contributed by atoms with E-state index in [1.54, 1.807) is 12.1 Å². The summed E-state index contributed by atoms with van der Waals surface area (Å²) in [4.78, 5) is 11.4. The number of aromatic hydroxyl groups is 1. The summed E-state index contributed by atoms with van der Waals surface area (Å²) in [5.41, 5.74) is 0.878. The first-order valence-electron chi connectivity index (χ1n) is 4.79. The molecule has 0 spiro atoms. The summed E-state index contributed by atoms with van der Waals surface area (Å²) >= 11 is 5.46. The molecule has 0 heterocycles. The predicted octanol–water partition coefficient (Wildman–Crippen LogP) is 3.11. The third kappa shape index (κ3) is 2.51. The van der Waals surface area contributed by atoms with Gasteiger partial charge in [-0.15, -0.1) is 11.6 Å². The van der Waals surface area contributed by atoms with Crippen LogP contribution >= 0.6 is 11.6 Å². The van der Waals surface area contributed by atoms with Crippen LogP contribution in [0.2, 0.25) is 0 Å². The van der Waals surface area contributed by atoms with Crippen molar-refractivity contribution in [1.29, 1.82) is 0 Å². The van der Waals surface area contributed by atoms with E-state index >= 15 is 0 Å². The average molecular weight is 227 g/mol. The zero-order valence-corrected chi connectivity index (χ0v) is 9.93. The fourth-order valence-electron chi connectivity index (χ4n) is 1.45. The number of Topliss-reactive ketones (excluding diaryl/α,β-unsaturated/α-hetero) is 1. The molecule has 0 fully saturated rings. The average Bonchev–Trinajstić information content (AvgIpc) is 2.15. The van der Waals surface area contributed by atoms with Crippen molar-refractivity contribution in [2.45, 2.75) is 26.2 Å². The highest BCUT2D eigenvalue weighted by Gasteiger charge is 2.21. The zero-order valence-electron chi connectivity index (χ0n) is 9.17. The Balaban J connectivity index is 3.30. The van der Waals surface area contributed by atoms with Gasteiger partial charge in [0.25, 0.3) is 0 Å². The van der Waals surface area contributed by atoms with E-state index in [0.29, 0.717) is 5.56 Å². The number of benzene rings is 1. The Hall–Kier alpha value is -1.02. The van der Waals surface area contributed by atoms with Crippen molar-refractivity contribution < 1.29 is 9.90 Å². The number of hydrogen-bond acceptors (Lipinski definition) is 2. The monoisotopic (exact) mass is 226 g/mol. The minimum Gasteiger partial charge on any atom is -0.507 e. The van der Waals surface area contributed by atoms with Crippen LogP contribution in [0.3, 0.4) is 0 Å². The topological polar surface area (TPSA) is 37.3 Å². The molecule has 0 saturated carbocycles. The fourth-order valence-corrected chi connectivity index (χ4v) is 1.59. The molecule has 0 aliphatic heterocycles. The Morgan fingerprint density at radius 2 is 2.00 bits per heavy atom. The van der Waals surface area contributed by atoms with Gasteiger partial charge in [-0.1, -0.05) is 32.9 Å². The maximum Gasteiger partial charge on any atom is 0.181 e. The number of alkyl halides is 1. The van der Waals surface area contributed by atoms with Gasteiger partial charge in [0, 0.05) is 0 Å². The molecule has 1 aromatic carbocycles. The number of ketones is 1. The number of phenols is 1. The van der Waals surface area contributed by atoms with E-state index in [2.05, 4.69) is 0 Å². The summed E-state index contributed by atoms with van der Waals surface area (Å²) in [6, 6.07) is 5.18. The van der Waals surface area contributed by atoms with Crippen molar-refractivity contribution in [3.8, 4) is 5.75 Å². The molecule has 1 rings (SSSR count). The lowest BCUT2D eigenvalue weighted by molar-refractivity contribution is 0.101. The van der Waals surface area contributed by atoms with E-state index in [4.69, 9.17) is 11.6 Å². The van der Waals surface area contributed by atoms with Crippen LogP contribution in [-0.4, -0.2) is 16.8 Å². The van der Waals surface area contributed by atoms with Crippen LogP contribution in [0.5, 0.6) is 5.75 Å². The van der Waals surface area contributed by atoms with E-state index < -0.39 is 0 Å². The van der Waals surface area contributed by atoms with Crippen molar-refractivity contribution in [1.82, 2.24) is 0 Å². The molecule has 0 amide bonds. The molecular weight excluding hydrogens is 212 g/mol. The Kier molecular flexibility index (Phi) is 3.40. The first-order valence-corrected chi connectivity index (χ1v) is 5.33. The smallest absolute Gasteiger partial charge is 0.181 e. The van der Waals surface area contributed by atoms with Crippen LogP contribution in [-0.2, 0) is 5.41 Å². The highest BCUT2D eigenvalue weighted by atomic mass is 35.5. The van der Waals surface area contributed by atoms with E-state index in [-0.39, 0.29) is 22.8 Å². The Morgan fingerprint density at radius 3 is 2.47 bits per heavy atom. The van der Waals surface area contributed by atoms with Crippen LogP contribution < -0.4 is 0 Å². The van der Waals surface area contributed by atoms with Gasteiger partial charge in [0.2, 0.25) is 0 Å². The second kappa shape index (κ2) is 4.23. The molecule has 0 aliphatic carbocycles. The van der Waals surface area contributed by atoms with E-state index in [1.807, 2.05) is 26.8 Å². The number of carbonyl (C=O) groups excluding carboxylic acids is 1. The molecule has 82 valence electrons. The SMILES string of the molecule is CC(C)(C)c1cccc(C(=O)CCl)c1O. The summed E-state index contributed by atoms with van der Waals surface area (Å²) in [5, 5.41) is 9.95. The number of rotatable bonds is 2. The number of carbonyl (C=O) groups is 1. The van der Waals surface area contributed by atoms with Crippen molar-refractivity contribution >= 4 is 17.4 Å². The molecule has 0 radical (unpaired) electrons. The standard InChI is InChI=1S/C12H15ClO2/c1-12(2,3)9-6-4-5-8(11(9)15)10(14)7-13/h4-6,15H,7H2,1-3H3. The van der Waals surface area contributed by atoms with Crippen molar-refractivity contribution in [3.63, 3.8) is 0 Å². The molecule has 3 heteroatoms. The van der Waals surface area contributed by atoms with Gasteiger partial charge in [-0.2, -0.15) is 0 Å². The quantitative estimate of drug-likeness (QED) is 0.622. The second-order valence-electron chi connectivity index (χ2n) is 4.51. The Labute approximate surface area is 94.9 Å². The Morgan fingerprint density at radius 1 is 1.40 bits per heavy atom. The van der Waals surface area contributed by atoms with Crippen LogP contribution in [0.1, 0.15) is 36.7 Å². The van der Waals surface area contributed by atoms with E-state index in [1.165, 1.54) is 0 Å². The molecule has 0 bridgehead atoms. The first-order chi connectivity index (χ1) is 6.88. The lowest BCUT2D eigenvalue weighted by Crippen LogP contribution is -2.13. The van der Waals surface area contributed by atoms with Gasteiger partial charge >= 0.3 is 0 Å². The first kappa shape index (κ1) is 12.1. The van der Waals surface area contributed by atoms with Gasteiger partial charge in [0.15, 0.2) is 5.78 Å². The van der Waals surface area contributed by atoms with Crippen LogP contribution in [0.25, 0.3) is 0 Å². The van der Waals surface area contributed by atoms with Crippen molar-refractivity contribution in [3.05, 3.63) is 29.3 Å². The highest BCUT2D eigenvalue weighted by Crippen LogP contribution is 2.33. The lowest BCUT2D eigenvalue weighted by Gasteiger charge is -2.21. The van der Waals surface area contributed by atoms with Gasteiger partial charge in [0.05, 0.1) is 11.4 Å². The number of hydrogen-bond donors (Lipinski definition) is 1. The number of para-hydroxylation sites is 1. The predicted molar refractivity (Wildman–Crippen MR) is 61.9 cm³/mol. The zero-order chi connectivity index (χ0) is 11.6. The molecular formula is C12H15ClO2. The van der Waals surface area contributed by atoms with E-state index in [9.17, 15) is 9.90 Å². The van der Waals surface area contributed by atoms with Gasteiger partial charge in [-0.3, -0.25) is 4.79 Å². The van der Waals surface area contributed by atoms with Gasteiger partial charge in [-0.25, -0.2) is 0 Å².